The van der Waals surface area contributed by atoms with Gasteiger partial charge in [-0.2, -0.15) is 0 Å². The van der Waals surface area contributed by atoms with Crippen molar-refractivity contribution in [1.29, 1.82) is 0 Å². The Bertz CT molecular complexity index is 357. The van der Waals surface area contributed by atoms with Crippen molar-refractivity contribution in [1.82, 2.24) is 5.32 Å². The van der Waals surface area contributed by atoms with Crippen molar-refractivity contribution in [2.75, 3.05) is 6.54 Å². The molecule has 0 aromatic heterocycles. The van der Waals surface area contributed by atoms with Crippen molar-refractivity contribution in [3.8, 4) is 0 Å². The Morgan fingerprint density at radius 2 is 1.74 bits per heavy atom. The summed E-state index contributed by atoms with van der Waals surface area (Å²) in [5.41, 5.74) is 1.73. The summed E-state index contributed by atoms with van der Waals surface area (Å²) in [4.78, 5) is 0. The van der Waals surface area contributed by atoms with Gasteiger partial charge in [0.15, 0.2) is 0 Å². The smallest absolute Gasteiger partial charge is 0.00966 e. The molecule has 1 aromatic carbocycles. The molecule has 0 bridgehead atoms. The lowest BCUT2D eigenvalue weighted by atomic mass is 9.85. The van der Waals surface area contributed by atoms with Crippen LogP contribution in [-0.4, -0.2) is 12.1 Å². The van der Waals surface area contributed by atoms with Gasteiger partial charge in [0, 0.05) is 5.54 Å². The van der Waals surface area contributed by atoms with Gasteiger partial charge in [0.1, 0.15) is 0 Å². The van der Waals surface area contributed by atoms with E-state index in [9.17, 15) is 0 Å². The lowest BCUT2D eigenvalue weighted by molar-refractivity contribution is 0.286. The van der Waals surface area contributed by atoms with Crippen LogP contribution in [0, 0.1) is 11.8 Å². The molecule has 2 rings (SSSR count). The quantitative estimate of drug-likeness (QED) is 0.825. The predicted molar refractivity (Wildman–Crippen MR) is 83.3 cm³/mol. The summed E-state index contributed by atoms with van der Waals surface area (Å²) in [6, 6.07) is 11.0. The summed E-state index contributed by atoms with van der Waals surface area (Å²) in [7, 11) is 0. The van der Waals surface area contributed by atoms with Crippen molar-refractivity contribution in [3.05, 3.63) is 35.9 Å². The van der Waals surface area contributed by atoms with Gasteiger partial charge in [-0.25, -0.2) is 0 Å². The minimum Gasteiger partial charge on any atom is -0.312 e. The normalized spacial score (nSPS) is 18.7. The molecule has 1 N–H and O–H groups in total. The Morgan fingerprint density at radius 3 is 2.32 bits per heavy atom. The molecule has 1 heteroatoms. The van der Waals surface area contributed by atoms with Crippen LogP contribution >= 0.6 is 0 Å². The van der Waals surface area contributed by atoms with Crippen LogP contribution in [0.1, 0.15) is 52.0 Å². The maximum Gasteiger partial charge on any atom is 0.00966 e. The van der Waals surface area contributed by atoms with Crippen molar-refractivity contribution < 1.29 is 0 Å². The molecule has 1 nitrogen and oxygen atoms in total. The topological polar surface area (TPSA) is 12.0 Å². The van der Waals surface area contributed by atoms with Crippen LogP contribution in [0.3, 0.4) is 0 Å². The predicted octanol–water partition coefficient (Wildman–Crippen LogP) is 4.42. The van der Waals surface area contributed by atoms with Gasteiger partial charge in [-0.3, -0.25) is 0 Å². The first-order valence-corrected chi connectivity index (χ1v) is 7.83. The summed E-state index contributed by atoms with van der Waals surface area (Å²) >= 11 is 0. The first-order valence-electron chi connectivity index (χ1n) is 7.83. The van der Waals surface area contributed by atoms with Gasteiger partial charge in [-0.1, -0.05) is 56.0 Å². The highest BCUT2D eigenvalue weighted by molar-refractivity contribution is 5.15. The first-order chi connectivity index (χ1) is 9.04. The molecule has 1 unspecified atom stereocenters. The molecule has 1 atom stereocenters. The van der Waals surface area contributed by atoms with Gasteiger partial charge in [-0.15, -0.1) is 0 Å². The second-order valence-corrected chi connectivity index (χ2v) is 7.13. The molecule has 106 valence electrons. The Hall–Kier alpha value is -0.820. The summed E-state index contributed by atoms with van der Waals surface area (Å²) in [5, 5.41) is 3.72. The maximum absolute atomic E-state index is 3.72. The third-order valence-corrected chi connectivity index (χ3v) is 4.30. The molecule has 19 heavy (non-hydrogen) atoms. The Labute approximate surface area is 118 Å². The van der Waals surface area contributed by atoms with Crippen LogP contribution in [0.4, 0.5) is 0 Å². The minimum absolute atomic E-state index is 0.230. The van der Waals surface area contributed by atoms with Gasteiger partial charge in [0.2, 0.25) is 0 Å². The number of hydrogen-bond acceptors (Lipinski definition) is 1. The SMILES string of the molecule is CC(C)(C)NCC(Cc1ccccc1)C1CCCC1. The molecule has 0 radical (unpaired) electrons. The zero-order valence-electron chi connectivity index (χ0n) is 12.8. The number of hydrogen-bond donors (Lipinski definition) is 1. The zero-order chi connectivity index (χ0) is 13.7. The van der Waals surface area contributed by atoms with E-state index in [4.69, 9.17) is 0 Å². The maximum atomic E-state index is 3.72. The minimum atomic E-state index is 0.230. The molecule has 0 aliphatic heterocycles. The lowest BCUT2D eigenvalue weighted by Gasteiger charge is -2.29. The first kappa shape index (κ1) is 14.6. The molecule has 1 fully saturated rings. The second-order valence-electron chi connectivity index (χ2n) is 7.13. The van der Waals surface area contributed by atoms with E-state index >= 15 is 0 Å². The number of benzene rings is 1. The fraction of sp³-hybridized carbons (Fsp3) is 0.667. The Morgan fingerprint density at radius 1 is 1.11 bits per heavy atom. The highest BCUT2D eigenvalue weighted by Crippen LogP contribution is 2.33. The van der Waals surface area contributed by atoms with Crippen LogP contribution < -0.4 is 5.32 Å². The fourth-order valence-corrected chi connectivity index (χ4v) is 3.19. The molecular weight excluding hydrogens is 230 g/mol. The van der Waals surface area contributed by atoms with Gasteiger partial charge in [0.05, 0.1) is 0 Å². The molecule has 1 saturated carbocycles. The van der Waals surface area contributed by atoms with Crippen LogP contribution in [0.5, 0.6) is 0 Å². The molecule has 0 saturated heterocycles. The van der Waals surface area contributed by atoms with Crippen LogP contribution in [-0.2, 0) is 6.42 Å². The Kier molecular flexibility index (Phi) is 5.04. The molecule has 0 spiro atoms. The molecule has 0 amide bonds. The number of nitrogens with one attached hydrogen (secondary N) is 1. The highest BCUT2D eigenvalue weighted by atomic mass is 14.9. The van der Waals surface area contributed by atoms with Gasteiger partial charge in [0.25, 0.3) is 0 Å². The highest BCUT2D eigenvalue weighted by Gasteiger charge is 2.26. The van der Waals surface area contributed by atoms with Crippen LogP contribution in [0.15, 0.2) is 30.3 Å². The van der Waals surface area contributed by atoms with E-state index in [1.807, 2.05) is 0 Å². The third kappa shape index (κ3) is 4.99. The van der Waals surface area contributed by atoms with Crippen LogP contribution in [0.25, 0.3) is 0 Å². The lowest BCUT2D eigenvalue weighted by Crippen LogP contribution is -2.41. The summed E-state index contributed by atoms with van der Waals surface area (Å²) < 4.78 is 0. The van der Waals surface area contributed by atoms with E-state index in [0.29, 0.717) is 0 Å². The standard InChI is InChI=1S/C18H29N/c1-18(2,3)19-14-17(16-11-7-8-12-16)13-15-9-5-4-6-10-15/h4-6,9-10,16-17,19H,7-8,11-14H2,1-3H3. The Balaban J connectivity index is 1.97. The van der Waals surface area contributed by atoms with E-state index in [-0.39, 0.29) is 5.54 Å². The molecule has 1 aliphatic carbocycles. The molecule has 1 aromatic rings. The number of rotatable bonds is 5. The molecule has 1 aliphatic rings. The molecular formula is C18H29N. The monoisotopic (exact) mass is 259 g/mol. The van der Waals surface area contributed by atoms with E-state index in [2.05, 4.69) is 56.4 Å². The van der Waals surface area contributed by atoms with Crippen molar-refractivity contribution in [2.45, 2.75) is 58.4 Å². The molecule has 0 heterocycles. The van der Waals surface area contributed by atoms with E-state index in [1.54, 1.807) is 0 Å². The average Bonchev–Trinajstić information content (AvgIpc) is 2.88. The van der Waals surface area contributed by atoms with Crippen LogP contribution in [0.2, 0.25) is 0 Å². The van der Waals surface area contributed by atoms with Gasteiger partial charge >= 0.3 is 0 Å². The van der Waals surface area contributed by atoms with Crippen molar-refractivity contribution in [2.24, 2.45) is 11.8 Å². The summed E-state index contributed by atoms with van der Waals surface area (Å²) in [6.07, 6.45) is 6.97. The summed E-state index contributed by atoms with van der Waals surface area (Å²) in [5.74, 6) is 1.72. The van der Waals surface area contributed by atoms with Gasteiger partial charge in [-0.05, 0) is 51.1 Å². The zero-order valence-corrected chi connectivity index (χ0v) is 12.8. The fourth-order valence-electron chi connectivity index (χ4n) is 3.19. The van der Waals surface area contributed by atoms with Gasteiger partial charge < -0.3 is 5.32 Å². The van der Waals surface area contributed by atoms with Crippen molar-refractivity contribution >= 4 is 0 Å². The largest absolute Gasteiger partial charge is 0.312 e. The van der Waals surface area contributed by atoms with E-state index < -0.39 is 0 Å². The average molecular weight is 259 g/mol. The second kappa shape index (κ2) is 6.56. The summed E-state index contributed by atoms with van der Waals surface area (Å²) in [6.45, 7) is 7.95. The van der Waals surface area contributed by atoms with E-state index in [1.165, 1.54) is 37.7 Å². The van der Waals surface area contributed by atoms with Crippen molar-refractivity contribution in [3.63, 3.8) is 0 Å². The third-order valence-electron chi connectivity index (χ3n) is 4.30. The van der Waals surface area contributed by atoms with E-state index in [0.717, 1.165) is 18.4 Å².